The van der Waals surface area contributed by atoms with Crippen LogP contribution in [0.5, 0.6) is 5.75 Å². The van der Waals surface area contributed by atoms with Crippen LogP contribution in [0, 0.1) is 11.3 Å². The Labute approximate surface area is 89.7 Å². The second-order valence-electron chi connectivity index (χ2n) is 2.99. The lowest BCUT2D eigenvalue weighted by molar-refractivity contribution is -0.274. The Kier molecular flexibility index (Phi) is 3.74. The number of halogens is 3. The number of aliphatic hydroxyl groups is 1. The molecule has 0 saturated carbocycles. The van der Waals surface area contributed by atoms with Gasteiger partial charge < -0.3 is 9.84 Å². The quantitative estimate of drug-likeness (QED) is 0.869. The molecule has 1 rings (SSSR count). The van der Waals surface area contributed by atoms with Gasteiger partial charge in [0, 0.05) is 0 Å². The maximum atomic E-state index is 11.8. The van der Waals surface area contributed by atoms with Crippen LogP contribution in [0.15, 0.2) is 24.3 Å². The molecule has 0 saturated heterocycles. The summed E-state index contributed by atoms with van der Waals surface area (Å²) in [6.45, 7) is 0. The molecule has 16 heavy (non-hydrogen) atoms. The highest BCUT2D eigenvalue weighted by Gasteiger charge is 2.30. The number of nitriles is 1. The minimum Gasteiger partial charge on any atom is -0.406 e. The van der Waals surface area contributed by atoms with Crippen molar-refractivity contribution >= 4 is 0 Å². The molecular formula is C10H8F3NO2. The van der Waals surface area contributed by atoms with Crippen LogP contribution in [0.4, 0.5) is 13.2 Å². The zero-order valence-electron chi connectivity index (χ0n) is 8.03. The summed E-state index contributed by atoms with van der Waals surface area (Å²) in [5.41, 5.74) is 0.371. The van der Waals surface area contributed by atoms with Crippen LogP contribution in [-0.2, 0) is 0 Å². The zero-order valence-corrected chi connectivity index (χ0v) is 8.03. The molecule has 0 bridgehead atoms. The Morgan fingerprint density at radius 1 is 1.31 bits per heavy atom. The van der Waals surface area contributed by atoms with Crippen molar-refractivity contribution in [2.24, 2.45) is 0 Å². The predicted octanol–water partition coefficient (Wildman–Crippen LogP) is 2.53. The fourth-order valence-corrected chi connectivity index (χ4v) is 1.10. The number of hydrogen-bond donors (Lipinski definition) is 1. The molecule has 0 radical (unpaired) electrons. The van der Waals surface area contributed by atoms with Gasteiger partial charge in [-0.05, 0) is 17.7 Å². The number of rotatable bonds is 3. The van der Waals surface area contributed by atoms with Gasteiger partial charge in [0.15, 0.2) is 0 Å². The molecule has 1 N–H and O–H groups in total. The van der Waals surface area contributed by atoms with E-state index in [0.29, 0.717) is 5.56 Å². The van der Waals surface area contributed by atoms with Crippen LogP contribution in [-0.4, -0.2) is 11.5 Å². The first-order valence-corrected chi connectivity index (χ1v) is 4.33. The first kappa shape index (κ1) is 12.3. The summed E-state index contributed by atoms with van der Waals surface area (Å²) in [7, 11) is 0. The fraction of sp³-hybridized carbons (Fsp3) is 0.300. The van der Waals surface area contributed by atoms with Gasteiger partial charge in [-0.2, -0.15) is 5.26 Å². The van der Waals surface area contributed by atoms with Gasteiger partial charge in [-0.1, -0.05) is 12.1 Å². The minimum absolute atomic E-state index is 0.112. The van der Waals surface area contributed by atoms with E-state index < -0.39 is 12.5 Å². The third-order valence-corrected chi connectivity index (χ3v) is 1.78. The summed E-state index contributed by atoms with van der Waals surface area (Å²) in [4.78, 5) is 0. The van der Waals surface area contributed by atoms with Gasteiger partial charge in [0.2, 0.25) is 0 Å². The molecule has 0 aliphatic rings. The van der Waals surface area contributed by atoms with Crippen LogP contribution in [0.25, 0.3) is 0 Å². The van der Waals surface area contributed by atoms with E-state index in [-0.39, 0.29) is 12.2 Å². The van der Waals surface area contributed by atoms with Crippen molar-refractivity contribution in [2.45, 2.75) is 18.9 Å². The first-order chi connectivity index (χ1) is 7.42. The van der Waals surface area contributed by atoms with E-state index in [4.69, 9.17) is 5.26 Å². The lowest BCUT2D eigenvalue weighted by atomic mass is 10.1. The zero-order chi connectivity index (χ0) is 12.2. The number of nitrogens with zero attached hydrogens (tertiary/aromatic N) is 1. The summed E-state index contributed by atoms with van der Waals surface area (Å²) in [6, 6.07) is 6.49. The van der Waals surface area contributed by atoms with Gasteiger partial charge in [-0.15, -0.1) is 13.2 Å². The Hall–Kier alpha value is -1.74. The summed E-state index contributed by atoms with van der Waals surface area (Å²) in [6.07, 6.45) is -5.84. The molecule has 1 aromatic rings. The van der Waals surface area contributed by atoms with Gasteiger partial charge in [0.25, 0.3) is 0 Å². The van der Waals surface area contributed by atoms with Crippen molar-refractivity contribution in [2.75, 3.05) is 0 Å². The highest BCUT2D eigenvalue weighted by atomic mass is 19.4. The van der Waals surface area contributed by atoms with Crippen LogP contribution >= 0.6 is 0 Å². The third-order valence-electron chi connectivity index (χ3n) is 1.78. The van der Waals surface area contributed by atoms with Gasteiger partial charge in [0.05, 0.1) is 18.6 Å². The van der Waals surface area contributed by atoms with Crippen molar-refractivity contribution in [3.8, 4) is 11.8 Å². The Morgan fingerprint density at radius 2 is 1.88 bits per heavy atom. The van der Waals surface area contributed by atoms with Crippen LogP contribution in [0.2, 0.25) is 0 Å². The van der Waals surface area contributed by atoms with Gasteiger partial charge in [-0.3, -0.25) is 0 Å². The average Bonchev–Trinajstić information content (AvgIpc) is 2.16. The largest absolute Gasteiger partial charge is 0.573 e. The van der Waals surface area contributed by atoms with E-state index in [1.54, 1.807) is 6.07 Å². The maximum Gasteiger partial charge on any atom is 0.573 e. The standard InChI is InChI=1S/C10H8F3NO2/c11-10(12,13)16-8-3-1-7(2-4-8)9(15)5-6-14/h1-4,9,15H,5H2. The minimum atomic E-state index is -4.73. The summed E-state index contributed by atoms with van der Waals surface area (Å²) in [5.74, 6) is -0.361. The van der Waals surface area contributed by atoms with E-state index in [0.717, 1.165) is 12.1 Å². The molecule has 1 atom stereocenters. The van der Waals surface area contributed by atoms with Crippen molar-refractivity contribution in [1.82, 2.24) is 0 Å². The molecule has 1 unspecified atom stereocenters. The third kappa shape index (κ3) is 3.79. The molecule has 0 amide bonds. The van der Waals surface area contributed by atoms with E-state index in [9.17, 15) is 18.3 Å². The maximum absolute atomic E-state index is 11.8. The average molecular weight is 231 g/mol. The van der Waals surface area contributed by atoms with Crippen LogP contribution in [0.1, 0.15) is 18.1 Å². The number of alkyl halides is 3. The highest BCUT2D eigenvalue weighted by Crippen LogP contribution is 2.24. The van der Waals surface area contributed by atoms with Crippen molar-refractivity contribution in [3.05, 3.63) is 29.8 Å². The Bertz CT molecular complexity index is 381. The molecule has 0 spiro atoms. The van der Waals surface area contributed by atoms with Crippen LogP contribution < -0.4 is 4.74 Å². The lowest BCUT2D eigenvalue weighted by Crippen LogP contribution is -2.17. The van der Waals surface area contributed by atoms with Gasteiger partial charge in [-0.25, -0.2) is 0 Å². The molecule has 0 fully saturated rings. The molecule has 0 aliphatic carbocycles. The van der Waals surface area contributed by atoms with E-state index >= 15 is 0 Å². The van der Waals surface area contributed by atoms with Crippen LogP contribution in [0.3, 0.4) is 0 Å². The van der Waals surface area contributed by atoms with Crippen molar-refractivity contribution in [3.63, 3.8) is 0 Å². The SMILES string of the molecule is N#CCC(O)c1ccc(OC(F)(F)F)cc1. The monoisotopic (exact) mass is 231 g/mol. The molecule has 6 heteroatoms. The lowest BCUT2D eigenvalue weighted by Gasteiger charge is -2.10. The molecule has 3 nitrogen and oxygen atoms in total. The predicted molar refractivity (Wildman–Crippen MR) is 48.3 cm³/mol. The molecule has 0 heterocycles. The molecule has 1 aromatic carbocycles. The molecule has 0 aliphatic heterocycles. The van der Waals surface area contributed by atoms with E-state index in [2.05, 4.69) is 4.74 Å². The summed E-state index contributed by atoms with van der Waals surface area (Å²) < 4.78 is 39.1. The Balaban J connectivity index is 2.72. The number of benzene rings is 1. The topological polar surface area (TPSA) is 53.2 Å². The highest BCUT2D eigenvalue weighted by molar-refractivity contribution is 5.28. The van der Waals surface area contributed by atoms with Gasteiger partial charge >= 0.3 is 6.36 Å². The summed E-state index contributed by atoms with van der Waals surface area (Å²) in [5, 5.41) is 17.7. The van der Waals surface area contributed by atoms with Crippen molar-refractivity contribution in [1.29, 1.82) is 5.26 Å². The van der Waals surface area contributed by atoms with E-state index in [1.807, 2.05) is 0 Å². The summed E-state index contributed by atoms with van der Waals surface area (Å²) >= 11 is 0. The molecule has 0 aromatic heterocycles. The second kappa shape index (κ2) is 4.86. The number of hydrogen-bond acceptors (Lipinski definition) is 3. The van der Waals surface area contributed by atoms with Crippen molar-refractivity contribution < 1.29 is 23.0 Å². The smallest absolute Gasteiger partial charge is 0.406 e. The van der Waals surface area contributed by atoms with Gasteiger partial charge in [0.1, 0.15) is 5.75 Å². The first-order valence-electron chi connectivity index (χ1n) is 4.33. The Morgan fingerprint density at radius 3 is 2.31 bits per heavy atom. The molecule has 86 valence electrons. The fourth-order valence-electron chi connectivity index (χ4n) is 1.10. The molecular weight excluding hydrogens is 223 g/mol. The normalized spacial score (nSPS) is 12.9. The second-order valence-corrected chi connectivity index (χ2v) is 2.99. The van der Waals surface area contributed by atoms with E-state index in [1.165, 1.54) is 12.1 Å². The number of ether oxygens (including phenoxy) is 1. The number of aliphatic hydroxyl groups excluding tert-OH is 1.